The normalized spacial score (nSPS) is 16.8. The molecule has 0 saturated carbocycles. The number of carbonyl (C=O) groups excluding carboxylic acids is 1. The molecule has 5 aromatic rings. The molecular weight excluding hydrogens is 571 g/mol. The van der Waals surface area contributed by atoms with Crippen molar-refractivity contribution in [2.24, 2.45) is 10.8 Å². The number of benzene rings is 4. The monoisotopic (exact) mass is 613 g/mol. The van der Waals surface area contributed by atoms with Crippen LogP contribution in [0.4, 0.5) is 5.69 Å². The Bertz CT molecular complexity index is 1690. The molecule has 0 saturated heterocycles. The minimum Gasteiger partial charge on any atom is -0.402 e. The third kappa shape index (κ3) is 6.44. The molecule has 4 aromatic carbocycles. The van der Waals surface area contributed by atoms with Gasteiger partial charge in [-0.3, -0.25) is 4.79 Å². The molecular formula is C39H43N3O2Si. The number of hydrogen-bond donors (Lipinski definition) is 0. The summed E-state index contributed by atoms with van der Waals surface area (Å²) in [5.74, 6) is 0.112. The quantitative estimate of drug-likeness (QED) is 0.182. The maximum atomic E-state index is 13.8. The Balaban J connectivity index is 1.40. The average Bonchev–Trinajstić information content (AvgIpc) is 3.49. The molecule has 6 rings (SSSR count). The van der Waals surface area contributed by atoms with Crippen LogP contribution in [0.15, 0.2) is 128 Å². The van der Waals surface area contributed by atoms with Gasteiger partial charge in [-0.15, -0.1) is 0 Å². The van der Waals surface area contributed by atoms with Crippen LogP contribution in [-0.4, -0.2) is 31.0 Å². The van der Waals surface area contributed by atoms with Gasteiger partial charge in [0.1, 0.15) is 0 Å². The van der Waals surface area contributed by atoms with Crippen LogP contribution in [0.2, 0.25) is 0 Å². The maximum absolute atomic E-state index is 13.8. The molecule has 2 unspecified atom stereocenters. The van der Waals surface area contributed by atoms with Crippen molar-refractivity contribution in [3.05, 3.63) is 145 Å². The Labute approximate surface area is 269 Å². The van der Waals surface area contributed by atoms with E-state index in [4.69, 9.17) is 9.41 Å². The Kier molecular flexibility index (Phi) is 8.62. The van der Waals surface area contributed by atoms with E-state index in [1.165, 1.54) is 10.4 Å². The fourth-order valence-electron chi connectivity index (χ4n) is 6.77. The number of rotatable bonds is 8. The Morgan fingerprint density at radius 3 is 2.02 bits per heavy atom. The van der Waals surface area contributed by atoms with Gasteiger partial charge < -0.3 is 13.9 Å². The molecule has 1 aliphatic rings. The van der Waals surface area contributed by atoms with E-state index < -0.39 is 9.04 Å². The average molecular weight is 614 g/mol. The van der Waals surface area contributed by atoms with Gasteiger partial charge in [0.2, 0.25) is 14.9 Å². The molecule has 230 valence electrons. The summed E-state index contributed by atoms with van der Waals surface area (Å²) in [5, 5.41) is 2.50. The highest BCUT2D eigenvalue weighted by Crippen LogP contribution is 2.49. The standard InChI is InChI=1S/C39H43N3O2Si/c1-38(2,3)37(44-45(30-19-11-7-12-20-30)31-21-13-8-14-22-31)34-26-40-28-42(34)36-32-23-15-16-24-33(32)41(27-39(36,4)5)35(43)25-29-17-9-6-10-18-29/h6-24,26,28,36-37,45H,25,27H2,1-5H3. The second kappa shape index (κ2) is 12.6. The molecule has 1 aliphatic heterocycles. The van der Waals surface area contributed by atoms with E-state index in [9.17, 15) is 4.79 Å². The van der Waals surface area contributed by atoms with E-state index in [0.717, 1.165) is 22.5 Å². The number of anilines is 1. The summed E-state index contributed by atoms with van der Waals surface area (Å²) in [4.78, 5) is 20.5. The zero-order valence-electron chi connectivity index (χ0n) is 26.9. The topological polar surface area (TPSA) is 47.4 Å². The van der Waals surface area contributed by atoms with E-state index in [1.807, 2.05) is 53.8 Å². The van der Waals surface area contributed by atoms with Crippen molar-refractivity contribution in [2.75, 3.05) is 11.4 Å². The number of fused-ring (bicyclic) bond motifs is 1. The molecule has 1 amide bonds. The van der Waals surface area contributed by atoms with Crippen molar-refractivity contribution in [1.82, 2.24) is 9.55 Å². The second-order valence-corrected chi connectivity index (χ2v) is 16.3. The molecule has 1 aromatic heterocycles. The fraction of sp³-hybridized carbons (Fsp3) is 0.282. The summed E-state index contributed by atoms with van der Waals surface area (Å²) in [5.41, 5.74) is 3.69. The summed E-state index contributed by atoms with van der Waals surface area (Å²) in [6, 6.07) is 39.7. The highest BCUT2D eigenvalue weighted by molar-refractivity contribution is 6.80. The number of hydrogen-bond acceptors (Lipinski definition) is 3. The molecule has 6 heteroatoms. The summed E-state index contributed by atoms with van der Waals surface area (Å²) >= 11 is 0. The van der Waals surface area contributed by atoms with Gasteiger partial charge in [-0.1, -0.05) is 144 Å². The summed E-state index contributed by atoms with van der Waals surface area (Å²) < 4.78 is 9.69. The first-order chi connectivity index (χ1) is 21.6. The van der Waals surface area contributed by atoms with Gasteiger partial charge in [-0.25, -0.2) is 4.98 Å². The number of nitrogens with zero attached hydrogens (tertiary/aromatic N) is 3. The number of imidazole rings is 1. The van der Waals surface area contributed by atoms with E-state index in [2.05, 4.69) is 118 Å². The first-order valence-corrected chi connectivity index (χ1v) is 17.5. The van der Waals surface area contributed by atoms with Crippen molar-refractivity contribution < 1.29 is 9.22 Å². The van der Waals surface area contributed by atoms with Crippen molar-refractivity contribution in [1.29, 1.82) is 0 Å². The van der Waals surface area contributed by atoms with E-state index >= 15 is 0 Å². The van der Waals surface area contributed by atoms with E-state index in [-0.39, 0.29) is 28.9 Å². The molecule has 2 heterocycles. The highest BCUT2D eigenvalue weighted by Gasteiger charge is 2.44. The predicted molar refractivity (Wildman–Crippen MR) is 186 cm³/mol. The van der Waals surface area contributed by atoms with Crippen molar-refractivity contribution in [2.45, 2.75) is 53.2 Å². The molecule has 0 radical (unpaired) electrons. The summed E-state index contributed by atoms with van der Waals surface area (Å²) in [7, 11) is -2.07. The third-order valence-electron chi connectivity index (χ3n) is 8.83. The second-order valence-electron chi connectivity index (χ2n) is 13.9. The Morgan fingerprint density at radius 2 is 1.42 bits per heavy atom. The molecule has 0 N–H and O–H groups in total. The van der Waals surface area contributed by atoms with Gasteiger partial charge in [0.25, 0.3) is 0 Å². The van der Waals surface area contributed by atoms with Crippen LogP contribution in [0.25, 0.3) is 0 Å². The maximum Gasteiger partial charge on any atom is 0.240 e. The van der Waals surface area contributed by atoms with Crippen LogP contribution in [0.3, 0.4) is 0 Å². The molecule has 45 heavy (non-hydrogen) atoms. The van der Waals surface area contributed by atoms with E-state index in [0.29, 0.717) is 13.0 Å². The molecule has 0 bridgehead atoms. The summed E-state index contributed by atoms with van der Waals surface area (Å²) in [6.45, 7) is 11.9. The van der Waals surface area contributed by atoms with Gasteiger partial charge >= 0.3 is 0 Å². The van der Waals surface area contributed by atoms with Gasteiger partial charge in [-0.05, 0) is 33.0 Å². The highest BCUT2D eigenvalue weighted by atomic mass is 28.3. The third-order valence-corrected chi connectivity index (χ3v) is 11.4. The lowest BCUT2D eigenvalue weighted by atomic mass is 9.75. The van der Waals surface area contributed by atoms with Crippen LogP contribution >= 0.6 is 0 Å². The zero-order chi connectivity index (χ0) is 31.6. The SMILES string of the molecule is CC(C)(C)C(O[SiH](c1ccccc1)c1ccccc1)c1cncn1C1c2ccccc2N(C(=O)Cc2ccccc2)CC1(C)C. The molecule has 0 aliphatic carbocycles. The largest absolute Gasteiger partial charge is 0.402 e. The Morgan fingerprint density at radius 1 is 0.867 bits per heavy atom. The smallest absolute Gasteiger partial charge is 0.240 e. The lowest BCUT2D eigenvalue weighted by molar-refractivity contribution is -0.118. The Hall–Kier alpha value is -4.26. The number of carbonyl (C=O) groups is 1. The fourth-order valence-corrected chi connectivity index (χ4v) is 9.43. The lowest BCUT2D eigenvalue weighted by Gasteiger charge is -2.47. The minimum absolute atomic E-state index is 0.0333. The van der Waals surface area contributed by atoms with Crippen LogP contribution < -0.4 is 15.3 Å². The van der Waals surface area contributed by atoms with Gasteiger partial charge in [0.15, 0.2) is 0 Å². The zero-order valence-corrected chi connectivity index (χ0v) is 28.1. The number of amides is 1. The van der Waals surface area contributed by atoms with Crippen molar-refractivity contribution >= 4 is 31.0 Å². The number of para-hydroxylation sites is 1. The van der Waals surface area contributed by atoms with Crippen molar-refractivity contribution in [3.8, 4) is 0 Å². The van der Waals surface area contributed by atoms with Gasteiger partial charge in [0, 0.05) is 17.6 Å². The van der Waals surface area contributed by atoms with Crippen molar-refractivity contribution in [3.63, 3.8) is 0 Å². The van der Waals surface area contributed by atoms with Gasteiger partial charge in [-0.2, -0.15) is 0 Å². The van der Waals surface area contributed by atoms with Crippen LogP contribution in [0.1, 0.15) is 63.6 Å². The van der Waals surface area contributed by atoms with E-state index in [1.54, 1.807) is 0 Å². The molecule has 0 fully saturated rings. The lowest BCUT2D eigenvalue weighted by Crippen LogP contribution is -2.49. The predicted octanol–water partition coefficient (Wildman–Crippen LogP) is 6.73. The summed E-state index contributed by atoms with van der Waals surface area (Å²) in [6.07, 6.45) is 4.11. The van der Waals surface area contributed by atoms with Crippen LogP contribution in [0.5, 0.6) is 0 Å². The molecule has 0 spiro atoms. The first-order valence-electron chi connectivity index (χ1n) is 15.8. The minimum atomic E-state index is -2.07. The molecule has 5 nitrogen and oxygen atoms in total. The first kappa shape index (κ1) is 30.7. The number of aromatic nitrogens is 2. The molecule has 2 atom stereocenters. The van der Waals surface area contributed by atoms with Crippen LogP contribution in [-0.2, 0) is 15.6 Å². The van der Waals surface area contributed by atoms with Gasteiger partial charge in [0.05, 0.1) is 36.8 Å². The van der Waals surface area contributed by atoms with Crippen LogP contribution in [0, 0.1) is 10.8 Å².